The molecule has 0 spiro atoms. The molecule has 0 aromatic heterocycles. The van der Waals surface area contributed by atoms with Crippen LogP contribution in [-0.4, -0.2) is 70.1 Å². The smallest absolute Gasteiger partial charge is 0.367 e. The molecule has 2 saturated heterocycles. The highest BCUT2D eigenvalue weighted by atomic mass is 28.4. The fourth-order valence-electron chi connectivity index (χ4n) is 3.36. The summed E-state index contributed by atoms with van der Waals surface area (Å²) in [6, 6.07) is 0. The lowest BCUT2D eigenvalue weighted by molar-refractivity contribution is 0.148. The van der Waals surface area contributed by atoms with Crippen molar-refractivity contribution in [1.29, 1.82) is 0 Å². The Hall–Kier alpha value is 0.0569. The molecule has 0 aromatic rings. The van der Waals surface area contributed by atoms with Gasteiger partial charge in [0.1, 0.15) is 0 Å². The van der Waals surface area contributed by atoms with Gasteiger partial charge in [-0.2, -0.15) is 0 Å². The Balaban J connectivity index is 1.98. The second kappa shape index (κ2) is 7.74. The quantitative estimate of drug-likeness (QED) is 0.635. The zero-order valence-corrected chi connectivity index (χ0v) is 13.7. The van der Waals surface area contributed by atoms with Crippen molar-refractivity contribution >= 4 is 8.56 Å². The predicted octanol–water partition coefficient (Wildman–Crippen LogP) is 1.77. The van der Waals surface area contributed by atoms with E-state index in [1.807, 2.05) is 0 Å². The molecular weight excluding hydrogens is 256 g/mol. The summed E-state index contributed by atoms with van der Waals surface area (Å²) >= 11 is 0. The van der Waals surface area contributed by atoms with Gasteiger partial charge < -0.3 is 18.7 Å². The average Bonchev–Trinajstić information content (AvgIpc) is 3.03. The van der Waals surface area contributed by atoms with Crippen molar-refractivity contribution in [3.05, 3.63) is 0 Å². The van der Waals surface area contributed by atoms with Crippen LogP contribution < -0.4 is 0 Å². The highest BCUT2D eigenvalue weighted by Crippen LogP contribution is 2.19. The SMILES string of the molecule is CCO[Si](CN1CCCC1)(CN1CCCC1)OCC. The van der Waals surface area contributed by atoms with Crippen molar-refractivity contribution in [2.45, 2.75) is 39.5 Å². The Labute approximate surface area is 119 Å². The van der Waals surface area contributed by atoms with E-state index in [0.29, 0.717) is 0 Å². The first kappa shape index (κ1) is 15.4. The fourth-order valence-corrected chi connectivity index (χ4v) is 6.96. The van der Waals surface area contributed by atoms with Gasteiger partial charge in [-0.15, -0.1) is 0 Å². The van der Waals surface area contributed by atoms with E-state index >= 15 is 0 Å². The van der Waals surface area contributed by atoms with E-state index in [4.69, 9.17) is 8.85 Å². The Morgan fingerprint density at radius 3 is 1.42 bits per heavy atom. The third kappa shape index (κ3) is 4.53. The third-order valence-electron chi connectivity index (χ3n) is 4.14. The van der Waals surface area contributed by atoms with Gasteiger partial charge in [-0.05, 0) is 65.7 Å². The molecule has 2 heterocycles. The van der Waals surface area contributed by atoms with E-state index in [1.165, 1.54) is 51.9 Å². The van der Waals surface area contributed by atoms with Crippen LogP contribution in [0.5, 0.6) is 0 Å². The molecular formula is C14H30N2O2Si. The molecule has 0 N–H and O–H groups in total. The lowest BCUT2D eigenvalue weighted by Gasteiger charge is -2.36. The molecule has 4 nitrogen and oxygen atoms in total. The van der Waals surface area contributed by atoms with Crippen LogP contribution in [0.2, 0.25) is 0 Å². The number of hydrogen-bond donors (Lipinski definition) is 0. The predicted molar refractivity (Wildman–Crippen MR) is 80.4 cm³/mol. The van der Waals surface area contributed by atoms with Crippen LogP contribution >= 0.6 is 0 Å². The molecule has 0 amide bonds. The molecule has 0 radical (unpaired) electrons. The molecule has 2 rings (SSSR count). The van der Waals surface area contributed by atoms with Crippen LogP contribution in [0.4, 0.5) is 0 Å². The zero-order valence-electron chi connectivity index (χ0n) is 12.7. The maximum Gasteiger partial charge on any atom is 0.367 e. The molecule has 0 saturated carbocycles. The minimum Gasteiger partial charge on any atom is -0.393 e. The molecule has 2 aliphatic rings. The van der Waals surface area contributed by atoms with Crippen LogP contribution in [-0.2, 0) is 8.85 Å². The van der Waals surface area contributed by atoms with Crippen LogP contribution in [0.15, 0.2) is 0 Å². The van der Waals surface area contributed by atoms with Crippen LogP contribution in [0, 0.1) is 0 Å². The lowest BCUT2D eigenvalue weighted by atomic mass is 10.4. The number of nitrogens with zero attached hydrogens (tertiary/aromatic N) is 2. The maximum atomic E-state index is 6.23. The van der Waals surface area contributed by atoms with Gasteiger partial charge >= 0.3 is 8.56 Å². The van der Waals surface area contributed by atoms with E-state index in [9.17, 15) is 0 Å². The Morgan fingerprint density at radius 1 is 0.737 bits per heavy atom. The van der Waals surface area contributed by atoms with Crippen molar-refractivity contribution in [1.82, 2.24) is 9.80 Å². The summed E-state index contributed by atoms with van der Waals surface area (Å²) in [5.41, 5.74) is 0. The average molecular weight is 286 g/mol. The summed E-state index contributed by atoms with van der Waals surface area (Å²) in [5, 5.41) is 0. The van der Waals surface area contributed by atoms with E-state index in [-0.39, 0.29) is 0 Å². The Morgan fingerprint density at radius 2 is 1.11 bits per heavy atom. The van der Waals surface area contributed by atoms with Gasteiger partial charge in [0.2, 0.25) is 0 Å². The molecule has 2 fully saturated rings. The van der Waals surface area contributed by atoms with E-state index < -0.39 is 8.56 Å². The van der Waals surface area contributed by atoms with Gasteiger partial charge in [-0.1, -0.05) is 0 Å². The van der Waals surface area contributed by atoms with Gasteiger partial charge in [0.05, 0.1) is 0 Å². The van der Waals surface area contributed by atoms with Gasteiger partial charge in [-0.3, -0.25) is 0 Å². The molecule has 0 aromatic carbocycles. The third-order valence-corrected chi connectivity index (χ3v) is 7.63. The second-order valence-electron chi connectivity index (χ2n) is 5.74. The highest BCUT2D eigenvalue weighted by molar-refractivity contribution is 6.67. The Bertz CT molecular complexity index is 228. The van der Waals surface area contributed by atoms with E-state index in [0.717, 1.165) is 25.5 Å². The van der Waals surface area contributed by atoms with Crippen LogP contribution in [0.3, 0.4) is 0 Å². The standard InChI is InChI=1S/C14H30N2O2Si/c1-3-17-19(18-4-2,13-15-9-5-6-10-15)14-16-11-7-8-12-16/h3-14H2,1-2H3. The largest absolute Gasteiger partial charge is 0.393 e. The summed E-state index contributed by atoms with van der Waals surface area (Å²) in [6.07, 6.45) is 7.48. The van der Waals surface area contributed by atoms with Crippen molar-refractivity contribution < 1.29 is 8.85 Å². The summed E-state index contributed by atoms with van der Waals surface area (Å²) in [6.45, 7) is 10.7. The molecule has 0 bridgehead atoms. The zero-order chi connectivity index (χ0) is 13.6. The molecule has 112 valence electrons. The summed E-state index contributed by atoms with van der Waals surface area (Å²) in [4.78, 5) is 5.13. The van der Waals surface area contributed by atoms with Crippen LogP contribution in [0.25, 0.3) is 0 Å². The summed E-state index contributed by atoms with van der Waals surface area (Å²) < 4.78 is 12.5. The highest BCUT2D eigenvalue weighted by Gasteiger charge is 2.42. The monoisotopic (exact) mass is 286 g/mol. The van der Waals surface area contributed by atoms with Crippen LogP contribution in [0.1, 0.15) is 39.5 Å². The van der Waals surface area contributed by atoms with E-state index in [1.54, 1.807) is 0 Å². The van der Waals surface area contributed by atoms with Gasteiger partial charge in [0, 0.05) is 25.5 Å². The first-order chi connectivity index (χ1) is 9.28. The molecule has 0 aliphatic carbocycles. The maximum absolute atomic E-state index is 6.23. The van der Waals surface area contributed by atoms with Crippen molar-refractivity contribution in [3.8, 4) is 0 Å². The minimum absolute atomic E-state index is 0.786. The van der Waals surface area contributed by atoms with Gasteiger partial charge in [0.25, 0.3) is 0 Å². The molecule has 5 heteroatoms. The van der Waals surface area contributed by atoms with Crippen molar-refractivity contribution in [3.63, 3.8) is 0 Å². The first-order valence-corrected chi connectivity index (χ1v) is 10.2. The molecule has 0 unspecified atom stereocenters. The summed E-state index contributed by atoms with van der Waals surface area (Å²) in [5.74, 6) is 0. The summed E-state index contributed by atoms with van der Waals surface area (Å²) in [7, 11) is -2.07. The van der Waals surface area contributed by atoms with Gasteiger partial charge in [-0.25, -0.2) is 0 Å². The molecule has 19 heavy (non-hydrogen) atoms. The van der Waals surface area contributed by atoms with Gasteiger partial charge in [0.15, 0.2) is 0 Å². The van der Waals surface area contributed by atoms with Crippen molar-refractivity contribution in [2.24, 2.45) is 0 Å². The van der Waals surface area contributed by atoms with Crippen molar-refractivity contribution in [2.75, 3.05) is 51.7 Å². The lowest BCUT2D eigenvalue weighted by Crippen LogP contribution is -2.59. The molecule has 0 atom stereocenters. The topological polar surface area (TPSA) is 24.9 Å². The number of rotatable bonds is 8. The minimum atomic E-state index is -2.07. The number of hydrogen-bond acceptors (Lipinski definition) is 4. The fraction of sp³-hybridized carbons (Fsp3) is 1.00. The number of likely N-dealkylation sites (tertiary alicyclic amines) is 2. The Kier molecular flexibility index (Phi) is 6.29. The normalized spacial score (nSPS) is 22.4. The first-order valence-electron chi connectivity index (χ1n) is 8.00. The van der Waals surface area contributed by atoms with E-state index in [2.05, 4.69) is 23.6 Å². The molecule has 2 aliphatic heterocycles. The second-order valence-corrected chi connectivity index (χ2v) is 8.77.